The highest BCUT2D eigenvalue weighted by molar-refractivity contribution is 7.14. The molecule has 1 aliphatic heterocycles. The van der Waals surface area contributed by atoms with Crippen molar-refractivity contribution in [2.75, 3.05) is 6.61 Å². The van der Waals surface area contributed by atoms with Crippen molar-refractivity contribution in [1.29, 1.82) is 0 Å². The van der Waals surface area contributed by atoms with Gasteiger partial charge in [0, 0.05) is 16.4 Å². The molecule has 0 saturated carbocycles. The van der Waals surface area contributed by atoms with Crippen LogP contribution in [0.2, 0.25) is 0 Å². The fourth-order valence-corrected chi connectivity index (χ4v) is 2.97. The summed E-state index contributed by atoms with van der Waals surface area (Å²) in [6.07, 6.45) is 0. The average Bonchev–Trinajstić information content (AvgIpc) is 2.76. The van der Waals surface area contributed by atoms with Crippen LogP contribution < -0.4 is 9.84 Å². The molecule has 1 unspecified atom stereocenters. The Balaban J connectivity index is 2.24. The Morgan fingerprint density at radius 2 is 2.28 bits per heavy atom. The molecule has 92 valence electrons. The van der Waals surface area contributed by atoms with Crippen molar-refractivity contribution in [2.24, 2.45) is 0 Å². The maximum absolute atomic E-state index is 10.9. The molecule has 0 fully saturated rings. The molecular formula is C13H10NO3S-. The number of hydrogen-bond acceptors (Lipinski definition) is 5. The van der Waals surface area contributed by atoms with Crippen LogP contribution in [0.15, 0.2) is 24.3 Å². The van der Waals surface area contributed by atoms with E-state index in [2.05, 4.69) is 4.98 Å². The lowest BCUT2D eigenvalue weighted by molar-refractivity contribution is -0.255. The number of carbonyl (C=O) groups excluding carboxylic acids is 1. The van der Waals surface area contributed by atoms with E-state index in [1.165, 1.54) is 11.3 Å². The summed E-state index contributed by atoms with van der Waals surface area (Å²) in [5.74, 6) is -0.352. The minimum absolute atomic E-state index is 0.0311. The van der Waals surface area contributed by atoms with Crippen LogP contribution in [0.25, 0.3) is 11.3 Å². The summed E-state index contributed by atoms with van der Waals surface area (Å²) in [7, 11) is 0. The van der Waals surface area contributed by atoms with Crippen LogP contribution in [0.5, 0.6) is 5.75 Å². The highest BCUT2D eigenvalue weighted by atomic mass is 32.1. The molecule has 1 aromatic heterocycles. The molecule has 0 saturated heterocycles. The first-order valence-corrected chi connectivity index (χ1v) is 6.42. The topological polar surface area (TPSA) is 62.2 Å². The monoisotopic (exact) mass is 260 g/mol. The molecular weight excluding hydrogens is 250 g/mol. The van der Waals surface area contributed by atoms with Gasteiger partial charge in [-0.25, -0.2) is 4.98 Å². The van der Waals surface area contributed by atoms with E-state index in [-0.39, 0.29) is 10.9 Å². The number of rotatable bonds is 1. The molecule has 1 atom stereocenters. The van der Waals surface area contributed by atoms with Gasteiger partial charge in [-0.15, -0.1) is 11.3 Å². The number of ether oxygens (including phenoxy) is 1. The number of thiazole rings is 1. The first-order chi connectivity index (χ1) is 8.66. The van der Waals surface area contributed by atoms with E-state index in [1.807, 2.05) is 31.2 Å². The number of benzene rings is 1. The number of fused-ring (bicyclic) bond motifs is 3. The van der Waals surface area contributed by atoms with E-state index < -0.39 is 5.97 Å². The van der Waals surface area contributed by atoms with Crippen molar-refractivity contribution < 1.29 is 14.6 Å². The van der Waals surface area contributed by atoms with E-state index in [0.717, 1.165) is 16.2 Å². The number of para-hydroxylation sites is 1. The number of carbonyl (C=O) groups is 1. The summed E-state index contributed by atoms with van der Waals surface area (Å²) in [6, 6.07) is 7.54. The molecule has 1 aromatic carbocycles. The zero-order valence-corrected chi connectivity index (χ0v) is 10.5. The molecule has 0 amide bonds. The number of aromatic carboxylic acids is 1. The highest BCUT2D eigenvalue weighted by Gasteiger charge is 2.24. The fourth-order valence-electron chi connectivity index (χ4n) is 2.02. The number of carboxylic acids is 1. The molecule has 0 spiro atoms. The van der Waals surface area contributed by atoms with Crippen LogP contribution in [0, 0.1) is 0 Å². The van der Waals surface area contributed by atoms with Crippen LogP contribution in [-0.4, -0.2) is 17.6 Å². The van der Waals surface area contributed by atoms with Crippen LogP contribution in [0.3, 0.4) is 0 Å². The van der Waals surface area contributed by atoms with Crippen molar-refractivity contribution in [1.82, 2.24) is 4.98 Å². The Morgan fingerprint density at radius 1 is 1.50 bits per heavy atom. The third kappa shape index (κ3) is 1.67. The van der Waals surface area contributed by atoms with Crippen LogP contribution in [-0.2, 0) is 0 Å². The van der Waals surface area contributed by atoms with Crippen molar-refractivity contribution in [3.8, 4) is 17.0 Å². The van der Waals surface area contributed by atoms with Gasteiger partial charge < -0.3 is 14.6 Å². The molecule has 3 rings (SSSR count). The van der Waals surface area contributed by atoms with Gasteiger partial charge in [0.05, 0.1) is 12.3 Å². The average molecular weight is 260 g/mol. The predicted octanol–water partition coefficient (Wildman–Crippen LogP) is 1.67. The van der Waals surface area contributed by atoms with Gasteiger partial charge in [-0.1, -0.05) is 19.1 Å². The Bertz CT molecular complexity index is 620. The standard InChI is InChI=1S/C13H11NO3S/c1-7-6-17-9-5-3-2-4-8(9)10-11(7)18-12(14-10)13(15)16/h2-5,7H,6H2,1H3,(H,15,16)/p-1. The van der Waals surface area contributed by atoms with Crippen LogP contribution in [0.4, 0.5) is 0 Å². The second-order valence-electron chi connectivity index (χ2n) is 4.23. The third-order valence-electron chi connectivity index (χ3n) is 2.91. The molecule has 5 heteroatoms. The molecule has 0 N–H and O–H groups in total. The van der Waals surface area contributed by atoms with E-state index in [1.54, 1.807) is 0 Å². The first-order valence-electron chi connectivity index (χ1n) is 5.61. The summed E-state index contributed by atoms with van der Waals surface area (Å²) in [5, 5.41) is 11.0. The summed E-state index contributed by atoms with van der Waals surface area (Å²) < 4.78 is 5.71. The lowest BCUT2D eigenvalue weighted by Crippen LogP contribution is -2.21. The van der Waals surface area contributed by atoms with Crippen molar-refractivity contribution in [2.45, 2.75) is 12.8 Å². The minimum atomic E-state index is -1.22. The minimum Gasteiger partial charge on any atom is -0.542 e. The Labute approximate surface area is 108 Å². The molecule has 2 heterocycles. The number of carboxylic acid groups (broad SMARTS) is 1. The van der Waals surface area contributed by atoms with E-state index in [0.29, 0.717) is 12.3 Å². The van der Waals surface area contributed by atoms with Gasteiger partial charge in [0.15, 0.2) is 0 Å². The smallest absolute Gasteiger partial charge is 0.139 e. The second kappa shape index (κ2) is 4.10. The highest BCUT2D eigenvalue weighted by Crippen LogP contribution is 2.41. The van der Waals surface area contributed by atoms with Gasteiger partial charge in [0.1, 0.15) is 16.7 Å². The zero-order valence-electron chi connectivity index (χ0n) is 9.67. The number of hydrogen-bond donors (Lipinski definition) is 0. The third-order valence-corrected chi connectivity index (χ3v) is 4.17. The van der Waals surface area contributed by atoms with Crippen molar-refractivity contribution in [3.63, 3.8) is 0 Å². The Kier molecular flexibility index (Phi) is 2.56. The Hall–Kier alpha value is -1.88. The summed E-state index contributed by atoms with van der Waals surface area (Å²) in [4.78, 5) is 16.1. The molecule has 0 aliphatic carbocycles. The predicted molar refractivity (Wildman–Crippen MR) is 65.8 cm³/mol. The summed E-state index contributed by atoms with van der Waals surface area (Å²) in [5.41, 5.74) is 1.56. The van der Waals surface area contributed by atoms with Gasteiger partial charge in [-0.3, -0.25) is 0 Å². The van der Waals surface area contributed by atoms with Gasteiger partial charge in [-0.05, 0) is 12.1 Å². The summed E-state index contributed by atoms with van der Waals surface area (Å²) >= 11 is 1.18. The second-order valence-corrected chi connectivity index (χ2v) is 5.26. The van der Waals surface area contributed by atoms with E-state index >= 15 is 0 Å². The van der Waals surface area contributed by atoms with Crippen LogP contribution >= 0.6 is 11.3 Å². The molecule has 0 bridgehead atoms. The lowest BCUT2D eigenvalue weighted by atomic mass is 10.1. The molecule has 0 radical (unpaired) electrons. The van der Waals surface area contributed by atoms with Gasteiger partial charge in [0.2, 0.25) is 0 Å². The Morgan fingerprint density at radius 3 is 3.06 bits per heavy atom. The van der Waals surface area contributed by atoms with Gasteiger partial charge in [-0.2, -0.15) is 0 Å². The first kappa shape index (κ1) is 11.2. The normalized spacial score (nSPS) is 17.3. The van der Waals surface area contributed by atoms with Crippen LogP contribution in [0.1, 0.15) is 27.5 Å². The number of nitrogens with zero attached hydrogens (tertiary/aromatic N) is 1. The van der Waals surface area contributed by atoms with Gasteiger partial charge >= 0.3 is 0 Å². The fraction of sp³-hybridized carbons (Fsp3) is 0.231. The molecule has 1 aliphatic rings. The van der Waals surface area contributed by atoms with E-state index in [9.17, 15) is 9.90 Å². The maximum Gasteiger partial charge on any atom is 0.139 e. The van der Waals surface area contributed by atoms with E-state index in [4.69, 9.17) is 4.74 Å². The largest absolute Gasteiger partial charge is 0.542 e. The molecule has 2 aromatic rings. The number of aromatic nitrogens is 1. The maximum atomic E-state index is 10.9. The van der Waals surface area contributed by atoms with Gasteiger partial charge in [0.25, 0.3) is 0 Å². The summed E-state index contributed by atoms with van der Waals surface area (Å²) in [6.45, 7) is 2.53. The SMILES string of the molecule is CC1COc2ccccc2-c2nc(C(=O)[O-])sc21. The molecule has 4 nitrogen and oxygen atoms in total. The quantitative estimate of drug-likeness (QED) is 0.782. The van der Waals surface area contributed by atoms with Crippen molar-refractivity contribution >= 4 is 17.3 Å². The van der Waals surface area contributed by atoms with Crippen molar-refractivity contribution in [3.05, 3.63) is 34.2 Å². The lowest BCUT2D eigenvalue weighted by Gasteiger charge is -2.08. The molecule has 18 heavy (non-hydrogen) atoms. The zero-order chi connectivity index (χ0) is 12.7.